The van der Waals surface area contributed by atoms with Crippen LogP contribution in [0.3, 0.4) is 0 Å². The molecule has 0 unspecified atom stereocenters. The number of carbonyl (C=O) groups excluding carboxylic acids is 1. The first-order chi connectivity index (χ1) is 12.6. The minimum atomic E-state index is -1.14. The molecule has 1 N–H and O–H groups in total. The van der Waals surface area contributed by atoms with E-state index in [1.54, 1.807) is 4.90 Å². The maximum absolute atomic E-state index is 12.6. The minimum absolute atomic E-state index is 0.329. The Balaban J connectivity index is 1.91. The van der Waals surface area contributed by atoms with Gasteiger partial charge in [-0.1, -0.05) is 72.8 Å². The van der Waals surface area contributed by atoms with E-state index in [4.69, 9.17) is 5.11 Å². The van der Waals surface area contributed by atoms with Crippen molar-refractivity contribution in [1.82, 2.24) is 4.90 Å². The molecule has 0 saturated heterocycles. The largest absolute Gasteiger partial charge is 0.478 e. The summed E-state index contributed by atoms with van der Waals surface area (Å²) in [5.74, 6) is -1.47. The van der Waals surface area contributed by atoms with Crippen LogP contribution in [-0.2, 0) is 22.7 Å². The summed E-state index contributed by atoms with van der Waals surface area (Å²) in [5, 5.41) is 11.0. The van der Waals surface area contributed by atoms with Crippen molar-refractivity contribution < 1.29 is 14.7 Å². The van der Waals surface area contributed by atoms with Crippen LogP contribution in [0.4, 0.5) is 0 Å². The summed E-state index contributed by atoms with van der Waals surface area (Å²) < 4.78 is 0. The predicted octanol–water partition coefficient (Wildman–Crippen LogP) is 4.01. The van der Waals surface area contributed by atoms with Crippen LogP contribution < -0.4 is 0 Å². The first-order valence-corrected chi connectivity index (χ1v) is 8.34. The van der Waals surface area contributed by atoms with Crippen LogP contribution in [-0.4, -0.2) is 21.9 Å². The molecule has 130 valence electrons. The third-order valence-electron chi connectivity index (χ3n) is 4.14. The standard InChI is InChI=1S/C22H19NO3/c24-21(13-14-22(25)26)23(15-17-7-2-1-3-8-17)16-19-11-6-10-18-9-4-5-12-20(18)19/h1-14H,15-16H2,(H,25,26). The molecule has 3 rings (SSSR count). The van der Waals surface area contributed by atoms with E-state index in [1.165, 1.54) is 0 Å². The van der Waals surface area contributed by atoms with Gasteiger partial charge in [0.25, 0.3) is 0 Å². The Morgan fingerprint density at radius 2 is 1.50 bits per heavy atom. The maximum atomic E-state index is 12.6. The third kappa shape index (κ3) is 4.36. The summed E-state index contributed by atoms with van der Waals surface area (Å²) in [4.78, 5) is 25.0. The summed E-state index contributed by atoms with van der Waals surface area (Å²) >= 11 is 0. The zero-order chi connectivity index (χ0) is 18.4. The van der Waals surface area contributed by atoms with Gasteiger partial charge in [0.1, 0.15) is 0 Å². The number of nitrogens with zero attached hydrogens (tertiary/aromatic N) is 1. The molecule has 3 aromatic carbocycles. The molecular formula is C22H19NO3. The Hall–Kier alpha value is -3.40. The SMILES string of the molecule is O=C(O)C=CC(=O)N(Cc1ccccc1)Cc1cccc2ccccc12. The van der Waals surface area contributed by atoms with E-state index >= 15 is 0 Å². The molecule has 0 aliphatic heterocycles. The van der Waals surface area contributed by atoms with Gasteiger partial charge in [-0.3, -0.25) is 4.79 Å². The zero-order valence-electron chi connectivity index (χ0n) is 14.2. The smallest absolute Gasteiger partial charge is 0.328 e. The lowest BCUT2D eigenvalue weighted by molar-refractivity contribution is -0.132. The average molecular weight is 345 g/mol. The van der Waals surface area contributed by atoms with Gasteiger partial charge in [0.05, 0.1) is 0 Å². The van der Waals surface area contributed by atoms with E-state index < -0.39 is 5.97 Å². The van der Waals surface area contributed by atoms with Crippen molar-refractivity contribution in [1.29, 1.82) is 0 Å². The lowest BCUT2D eigenvalue weighted by Gasteiger charge is -2.22. The number of carboxylic acids is 1. The molecule has 1 amide bonds. The topological polar surface area (TPSA) is 57.6 Å². The molecule has 26 heavy (non-hydrogen) atoms. The Morgan fingerprint density at radius 1 is 0.808 bits per heavy atom. The third-order valence-corrected chi connectivity index (χ3v) is 4.14. The van der Waals surface area contributed by atoms with Crippen LogP contribution in [0, 0.1) is 0 Å². The number of carboxylic acid groups (broad SMARTS) is 1. The molecule has 0 aliphatic rings. The van der Waals surface area contributed by atoms with Crippen molar-refractivity contribution in [2.45, 2.75) is 13.1 Å². The van der Waals surface area contributed by atoms with E-state index in [2.05, 4.69) is 0 Å². The minimum Gasteiger partial charge on any atom is -0.478 e. The highest BCUT2D eigenvalue weighted by molar-refractivity contribution is 5.94. The number of aliphatic carboxylic acids is 1. The summed E-state index contributed by atoms with van der Waals surface area (Å²) in [6.07, 6.45) is 1.99. The molecular weight excluding hydrogens is 326 g/mol. The fourth-order valence-corrected chi connectivity index (χ4v) is 2.90. The van der Waals surface area contributed by atoms with E-state index in [-0.39, 0.29) is 5.91 Å². The van der Waals surface area contributed by atoms with Crippen molar-refractivity contribution in [3.05, 3.63) is 96.1 Å². The summed E-state index contributed by atoms with van der Waals surface area (Å²) in [6.45, 7) is 0.811. The molecule has 0 spiro atoms. The Morgan fingerprint density at radius 3 is 2.27 bits per heavy atom. The van der Waals surface area contributed by atoms with Crippen LogP contribution in [0.25, 0.3) is 10.8 Å². The van der Waals surface area contributed by atoms with Crippen molar-refractivity contribution in [2.24, 2.45) is 0 Å². The number of carbonyl (C=O) groups is 2. The summed E-state index contributed by atoms with van der Waals surface area (Å²) in [7, 11) is 0. The quantitative estimate of drug-likeness (QED) is 0.687. The number of fused-ring (bicyclic) bond motifs is 1. The van der Waals surface area contributed by atoms with Crippen LogP contribution in [0.5, 0.6) is 0 Å². The molecule has 4 heteroatoms. The number of rotatable bonds is 6. The molecule has 0 aromatic heterocycles. The monoisotopic (exact) mass is 345 g/mol. The van der Waals surface area contributed by atoms with Gasteiger partial charge in [-0.05, 0) is 21.9 Å². The molecule has 0 bridgehead atoms. The Labute approximate surface area is 152 Å². The predicted molar refractivity (Wildman–Crippen MR) is 101 cm³/mol. The summed E-state index contributed by atoms with van der Waals surface area (Å²) in [6, 6.07) is 23.7. The fourth-order valence-electron chi connectivity index (χ4n) is 2.90. The van der Waals surface area contributed by atoms with Gasteiger partial charge in [-0.25, -0.2) is 4.79 Å². The van der Waals surface area contributed by atoms with Crippen LogP contribution >= 0.6 is 0 Å². The maximum Gasteiger partial charge on any atom is 0.328 e. The second-order valence-electron chi connectivity index (χ2n) is 5.99. The fraction of sp³-hybridized carbons (Fsp3) is 0.0909. The second-order valence-corrected chi connectivity index (χ2v) is 5.99. The van der Waals surface area contributed by atoms with Crippen molar-refractivity contribution in [3.8, 4) is 0 Å². The molecule has 3 aromatic rings. The van der Waals surface area contributed by atoms with Crippen LogP contribution in [0.1, 0.15) is 11.1 Å². The van der Waals surface area contributed by atoms with E-state index in [9.17, 15) is 9.59 Å². The highest BCUT2D eigenvalue weighted by Crippen LogP contribution is 2.21. The normalized spacial score (nSPS) is 10.9. The number of hydrogen-bond acceptors (Lipinski definition) is 2. The average Bonchev–Trinajstić information content (AvgIpc) is 2.66. The van der Waals surface area contributed by atoms with E-state index in [1.807, 2.05) is 72.8 Å². The van der Waals surface area contributed by atoms with Gasteiger partial charge in [0, 0.05) is 25.2 Å². The number of benzene rings is 3. The van der Waals surface area contributed by atoms with Crippen molar-refractivity contribution in [3.63, 3.8) is 0 Å². The second kappa shape index (κ2) is 8.12. The van der Waals surface area contributed by atoms with Gasteiger partial charge in [0.15, 0.2) is 0 Å². The Bertz CT molecular complexity index is 943. The number of hydrogen-bond donors (Lipinski definition) is 1. The Kier molecular flexibility index (Phi) is 5.44. The van der Waals surface area contributed by atoms with Crippen LogP contribution in [0.2, 0.25) is 0 Å². The summed E-state index contributed by atoms with van der Waals surface area (Å²) in [5.41, 5.74) is 2.01. The highest BCUT2D eigenvalue weighted by atomic mass is 16.4. The molecule has 0 saturated carbocycles. The van der Waals surface area contributed by atoms with Gasteiger partial charge in [-0.15, -0.1) is 0 Å². The molecule has 4 nitrogen and oxygen atoms in total. The first-order valence-electron chi connectivity index (χ1n) is 8.34. The zero-order valence-corrected chi connectivity index (χ0v) is 14.2. The van der Waals surface area contributed by atoms with E-state index in [0.29, 0.717) is 13.1 Å². The highest BCUT2D eigenvalue weighted by Gasteiger charge is 2.14. The lowest BCUT2D eigenvalue weighted by atomic mass is 10.0. The van der Waals surface area contributed by atoms with Gasteiger partial charge >= 0.3 is 5.97 Å². The molecule has 0 radical (unpaired) electrons. The number of amides is 1. The molecule has 0 heterocycles. The molecule has 0 aliphatic carbocycles. The molecule has 0 atom stereocenters. The first kappa shape index (κ1) is 17.4. The van der Waals surface area contributed by atoms with Gasteiger partial charge < -0.3 is 10.0 Å². The van der Waals surface area contributed by atoms with Crippen molar-refractivity contribution in [2.75, 3.05) is 0 Å². The van der Waals surface area contributed by atoms with Crippen molar-refractivity contribution >= 4 is 22.6 Å². The van der Waals surface area contributed by atoms with E-state index in [0.717, 1.165) is 34.1 Å². The van der Waals surface area contributed by atoms with Gasteiger partial charge in [0.2, 0.25) is 5.91 Å². The molecule has 0 fully saturated rings. The lowest BCUT2D eigenvalue weighted by Crippen LogP contribution is -2.28. The van der Waals surface area contributed by atoms with Gasteiger partial charge in [-0.2, -0.15) is 0 Å². The van der Waals surface area contributed by atoms with Crippen LogP contribution in [0.15, 0.2) is 84.9 Å².